The molecule has 0 saturated carbocycles. The SMILES string of the molecule is C.C=C.CB(O)Nc1cnc(Br)cc1I.O=C(O)c1cnc(Br)cc1I. The summed E-state index contributed by atoms with van der Waals surface area (Å²) in [4.78, 5) is 18.3. The molecule has 2 aromatic heterocycles. The van der Waals surface area contributed by atoms with Gasteiger partial charge < -0.3 is 15.4 Å². The van der Waals surface area contributed by atoms with Gasteiger partial charge in [0.15, 0.2) is 0 Å². The number of aromatic nitrogens is 2. The summed E-state index contributed by atoms with van der Waals surface area (Å²) in [6.07, 6.45) is 3.01. The van der Waals surface area contributed by atoms with Crippen LogP contribution in [0.25, 0.3) is 0 Å². The Hall–Kier alpha value is -0.245. The first-order valence-electron chi connectivity index (χ1n) is 6.50. The van der Waals surface area contributed by atoms with Gasteiger partial charge in [-0.15, -0.1) is 13.2 Å². The van der Waals surface area contributed by atoms with E-state index in [1.807, 2.05) is 28.7 Å². The van der Waals surface area contributed by atoms with Crippen LogP contribution in [0.3, 0.4) is 0 Å². The van der Waals surface area contributed by atoms with E-state index in [0.717, 1.165) is 13.9 Å². The molecule has 3 N–H and O–H groups in total. The lowest BCUT2D eigenvalue weighted by Gasteiger charge is -2.07. The molecule has 0 atom stereocenters. The maximum atomic E-state index is 10.5. The lowest BCUT2D eigenvalue weighted by atomic mass is 9.88. The molecule has 0 aliphatic heterocycles. The first-order chi connectivity index (χ1) is 11.7. The molecule has 142 valence electrons. The van der Waals surface area contributed by atoms with Crippen molar-refractivity contribution in [1.29, 1.82) is 0 Å². The average molecular weight is 713 g/mol. The quantitative estimate of drug-likeness (QED) is 0.167. The van der Waals surface area contributed by atoms with E-state index in [2.05, 4.69) is 82.8 Å². The van der Waals surface area contributed by atoms with Crippen molar-refractivity contribution in [3.63, 3.8) is 0 Å². The molecule has 11 heteroatoms. The van der Waals surface area contributed by atoms with Crippen LogP contribution in [0.1, 0.15) is 17.8 Å². The lowest BCUT2D eigenvalue weighted by molar-refractivity contribution is 0.0695. The van der Waals surface area contributed by atoms with E-state index >= 15 is 0 Å². The van der Waals surface area contributed by atoms with Gasteiger partial charge in [0.1, 0.15) is 9.21 Å². The van der Waals surface area contributed by atoms with Gasteiger partial charge in [-0.3, -0.25) is 0 Å². The summed E-state index contributed by atoms with van der Waals surface area (Å²) in [6.45, 7) is 7.66. The van der Waals surface area contributed by atoms with E-state index in [1.165, 1.54) is 6.20 Å². The Morgan fingerprint density at radius 1 is 1.15 bits per heavy atom. The average Bonchev–Trinajstić information content (AvgIpc) is 2.52. The van der Waals surface area contributed by atoms with Crippen LogP contribution in [-0.4, -0.2) is 33.1 Å². The van der Waals surface area contributed by atoms with Crippen LogP contribution >= 0.6 is 77.0 Å². The van der Waals surface area contributed by atoms with E-state index in [1.54, 1.807) is 19.1 Å². The number of rotatable bonds is 3. The van der Waals surface area contributed by atoms with Crippen LogP contribution in [0.5, 0.6) is 0 Å². The van der Waals surface area contributed by atoms with Crippen LogP contribution < -0.4 is 5.23 Å². The Morgan fingerprint density at radius 3 is 2.00 bits per heavy atom. The third-order valence-corrected chi connectivity index (χ3v) is 4.89. The molecule has 0 aromatic carbocycles. The number of anilines is 1. The van der Waals surface area contributed by atoms with E-state index in [9.17, 15) is 4.79 Å². The van der Waals surface area contributed by atoms with E-state index in [4.69, 9.17) is 10.1 Å². The van der Waals surface area contributed by atoms with Crippen molar-refractivity contribution in [2.24, 2.45) is 0 Å². The Kier molecular flexibility index (Phi) is 15.9. The summed E-state index contributed by atoms with van der Waals surface area (Å²) in [7, 11) is -0.554. The summed E-state index contributed by atoms with van der Waals surface area (Å²) < 4.78 is 3.14. The second-order valence-corrected chi connectivity index (χ2v) is 8.05. The number of aromatic carboxylic acids is 1. The standard InChI is InChI=1S/C6H7BBrIN2O.C6H3BrINO2.C2H4.CH4/c1-7(12)11-5-3-10-6(8)2-4(5)9;7-5-1-4(8)3(2-9-5)6(10)11;1-2;/h2-3,11-12H,1H3;1-2H,(H,10,11);1-2H2;1H4. The van der Waals surface area contributed by atoms with Crippen molar-refractivity contribution in [3.8, 4) is 0 Å². The van der Waals surface area contributed by atoms with E-state index < -0.39 is 13.0 Å². The second-order valence-electron chi connectivity index (χ2n) is 4.10. The summed E-state index contributed by atoms with van der Waals surface area (Å²) in [6, 6.07) is 3.54. The number of nitrogens with zero attached hydrogens (tertiary/aromatic N) is 2. The molecule has 2 aromatic rings. The topological polar surface area (TPSA) is 95.3 Å². The highest BCUT2D eigenvalue weighted by molar-refractivity contribution is 14.1. The van der Waals surface area contributed by atoms with Crippen molar-refractivity contribution in [3.05, 3.63) is 59.6 Å². The molecular weight excluding hydrogens is 695 g/mol. The molecule has 0 spiro atoms. The number of carboxylic acids is 1. The molecule has 0 fully saturated rings. The predicted molar refractivity (Wildman–Crippen MR) is 132 cm³/mol. The van der Waals surface area contributed by atoms with Gasteiger partial charge >= 0.3 is 13.0 Å². The van der Waals surface area contributed by atoms with Gasteiger partial charge in [-0.1, -0.05) is 7.43 Å². The minimum absolute atomic E-state index is 0. The first-order valence-corrected chi connectivity index (χ1v) is 10.2. The van der Waals surface area contributed by atoms with Gasteiger partial charge in [0.25, 0.3) is 0 Å². The van der Waals surface area contributed by atoms with Gasteiger partial charge in [0.2, 0.25) is 0 Å². The van der Waals surface area contributed by atoms with Gasteiger partial charge in [-0.2, -0.15) is 0 Å². The number of nitrogens with one attached hydrogen (secondary N) is 1. The fourth-order valence-corrected chi connectivity index (χ4v) is 4.08. The van der Waals surface area contributed by atoms with E-state index in [0.29, 0.717) is 8.17 Å². The second kappa shape index (κ2) is 14.8. The van der Waals surface area contributed by atoms with Crippen molar-refractivity contribution >= 4 is 95.7 Å². The molecule has 6 nitrogen and oxygen atoms in total. The Labute approximate surface area is 198 Å². The molecule has 2 rings (SSSR count). The minimum Gasteiger partial charge on any atom is -0.478 e. The lowest BCUT2D eigenvalue weighted by Crippen LogP contribution is -2.20. The van der Waals surface area contributed by atoms with Crippen LogP contribution in [-0.2, 0) is 0 Å². The zero-order valence-electron chi connectivity index (χ0n) is 13.0. The van der Waals surface area contributed by atoms with Crippen molar-refractivity contribution in [1.82, 2.24) is 9.97 Å². The number of carbonyl (C=O) groups is 1. The number of hydrogen-bond acceptors (Lipinski definition) is 5. The molecule has 0 bridgehead atoms. The van der Waals surface area contributed by atoms with Crippen molar-refractivity contribution in [2.75, 3.05) is 5.23 Å². The highest BCUT2D eigenvalue weighted by atomic mass is 127. The first kappa shape index (κ1) is 28.0. The molecule has 0 amide bonds. The number of halogens is 4. The molecule has 2 heterocycles. The summed E-state index contributed by atoms with van der Waals surface area (Å²) in [5.41, 5.74) is 1.07. The summed E-state index contributed by atoms with van der Waals surface area (Å²) in [5.74, 6) is -0.950. The molecule has 26 heavy (non-hydrogen) atoms. The minimum atomic E-state index is -0.950. The summed E-state index contributed by atoms with van der Waals surface area (Å²) >= 11 is 10.5. The fourth-order valence-electron chi connectivity index (χ4n) is 1.30. The van der Waals surface area contributed by atoms with Crippen LogP contribution in [0.4, 0.5) is 5.69 Å². The highest BCUT2D eigenvalue weighted by Crippen LogP contribution is 2.20. The zero-order chi connectivity index (χ0) is 19.6. The molecule has 0 unspecified atom stereocenters. The summed E-state index contributed by atoms with van der Waals surface area (Å²) in [5, 5.41) is 20.5. The van der Waals surface area contributed by atoms with Gasteiger partial charge in [-0.25, -0.2) is 14.8 Å². The normalized spacial score (nSPS) is 8.69. The third kappa shape index (κ3) is 10.8. The number of hydrogen-bond donors (Lipinski definition) is 3. The molecule has 0 saturated heterocycles. The van der Waals surface area contributed by atoms with Gasteiger partial charge in [0, 0.05) is 13.3 Å². The van der Waals surface area contributed by atoms with Crippen molar-refractivity contribution in [2.45, 2.75) is 14.2 Å². The van der Waals surface area contributed by atoms with Crippen LogP contribution in [0, 0.1) is 7.14 Å². The Morgan fingerprint density at radius 2 is 1.62 bits per heavy atom. The number of pyridine rings is 2. The van der Waals surface area contributed by atoms with E-state index in [-0.39, 0.29) is 13.0 Å². The fraction of sp³-hybridized carbons (Fsp3) is 0.133. The maximum Gasteiger partial charge on any atom is 0.406 e. The highest BCUT2D eigenvalue weighted by Gasteiger charge is 2.08. The maximum absolute atomic E-state index is 10.5. The molecular formula is C15H18BBr2I2N3O3. The zero-order valence-corrected chi connectivity index (χ0v) is 20.5. The smallest absolute Gasteiger partial charge is 0.406 e. The Bertz CT molecular complexity index is 725. The third-order valence-electron chi connectivity index (χ3n) is 2.24. The van der Waals surface area contributed by atoms with Gasteiger partial charge in [0.05, 0.1) is 17.4 Å². The largest absolute Gasteiger partial charge is 0.478 e. The van der Waals surface area contributed by atoms with Crippen LogP contribution in [0.15, 0.2) is 46.9 Å². The number of carboxylic acid groups (broad SMARTS) is 1. The van der Waals surface area contributed by atoms with Crippen molar-refractivity contribution < 1.29 is 14.9 Å². The Balaban J connectivity index is 0. The monoisotopic (exact) mass is 711 g/mol. The molecule has 0 radical (unpaired) electrons. The van der Waals surface area contributed by atoms with Crippen LogP contribution in [0.2, 0.25) is 6.82 Å². The van der Waals surface area contributed by atoms with Gasteiger partial charge in [-0.05, 0) is 96.0 Å². The molecule has 0 aliphatic carbocycles. The predicted octanol–water partition coefficient (Wildman–Crippen LogP) is 5.56. The molecule has 0 aliphatic rings.